The standard InChI is InChI=1S/C10H16N2O2/c1-5-8-7(3)9(11-12(8)4)10(13)14-6-2/h5-6H2,1-4H3/q+1. The molecule has 0 fully saturated rings. The summed E-state index contributed by atoms with van der Waals surface area (Å²) in [6.45, 7) is 6.12. The van der Waals surface area contributed by atoms with Gasteiger partial charge in [-0.15, -0.1) is 0 Å². The zero-order chi connectivity index (χ0) is 10.7. The van der Waals surface area contributed by atoms with Crippen LogP contribution in [-0.2, 0) is 9.53 Å². The number of carbonyl (C=O) groups excluding carboxylic acids is 1. The van der Waals surface area contributed by atoms with Crippen LogP contribution in [0.25, 0.3) is 0 Å². The van der Waals surface area contributed by atoms with Crippen molar-refractivity contribution in [3.05, 3.63) is 17.3 Å². The van der Waals surface area contributed by atoms with Gasteiger partial charge in [0.25, 0.3) is 6.04 Å². The van der Waals surface area contributed by atoms with Gasteiger partial charge in [-0.2, -0.15) is 0 Å². The van der Waals surface area contributed by atoms with Gasteiger partial charge in [-0.3, -0.25) is 0 Å². The van der Waals surface area contributed by atoms with Crippen LogP contribution in [0.3, 0.4) is 0 Å². The van der Waals surface area contributed by atoms with E-state index in [1.807, 2.05) is 20.9 Å². The van der Waals surface area contributed by atoms with Crippen molar-refractivity contribution < 1.29 is 14.2 Å². The van der Waals surface area contributed by atoms with Crippen molar-refractivity contribution in [3.63, 3.8) is 0 Å². The molecule has 4 nitrogen and oxygen atoms in total. The normalized spacial score (nSPS) is 17.3. The van der Waals surface area contributed by atoms with Crippen LogP contribution >= 0.6 is 0 Å². The van der Waals surface area contributed by atoms with Crippen molar-refractivity contribution in [2.75, 3.05) is 13.7 Å². The lowest BCUT2D eigenvalue weighted by Crippen LogP contribution is -2.13. The third-order valence-corrected chi connectivity index (χ3v) is 2.23. The zero-order valence-corrected chi connectivity index (χ0v) is 9.13. The molecule has 0 aromatic rings. The summed E-state index contributed by atoms with van der Waals surface area (Å²) in [5.41, 5.74) is 2.00. The predicted octanol–water partition coefficient (Wildman–Crippen LogP) is 1.87. The predicted molar refractivity (Wildman–Crippen MR) is 51.5 cm³/mol. The Labute approximate surface area is 84.3 Å². The Morgan fingerprint density at radius 1 is 1.50 bits per heavy atom. The van der Waals surface area contributed by atoms with E-state index in [1.165, 1.54) is 0 Å². The summed E-state index contributed by atoms with van der Waals surface area (Å²) in [7, 11) is 1.84. The lowest BCUT2D eigenvalue weighted by molar-refractivity contribution is -0.512. The van der Waals surface area contributed by atoms with Crippen LogP contribution < -0.4 is 0 Å². The number of allylic oxidation sites excluding steroid dienone is 1. The summed E-state index contributed by atoms with van der Waals surface area (Å²) in [6.07, 6.45) is 0.870. The molecule has 0 unspecified atom stereocenters. The van der Waals surface area contributed by atoms with E-state index in [2.05, 4.69) is 5.11 Å². The second-order valence-electron chi connectivity index (χ2n) is 3.12. The highest BCUT2D eigenvalue weighted by atomic mass is 16.5. The van der Waals surface area contributed by atoms with E-state index in [9.17, 15) is 4.79 Å². The number of ether oxygens (including phenoxy) is 1. The molecule has 1 heterocycles. The first-order valence-electron chi connectivity index (χ1n) is 4.81. The minimum absolute atomic E-state index is 0.333. The Morgan fingerprint density at radius 3 is 2.57 bits per heavy atom. The Morgan fingerprint density at radius 2 is 2.14 bits per heavy atom. The molecule has 0 bridgehead atoms. The van der Waals surface area contributed by atoms with Gasteiger partial charge in [0.15, 0.2) is 7.05 Å². The molecule has 0 saturated carbocycles. The van der Waals surface area contributed by atoms with Crippen molar-refractivity contribution in [2.24, 2.45) is 5.11 Å². The minimum atomic E-state index is -0.333. The average Bonchev–Trinajstić information content (AvgIpc) is 2.42. The van der Waals surface area contributed by atoms with E-state index in [-0.39, 0.29) is 5.97 Å². The van der Waals surface area contributed by atoms with Crippen LogP contribution in [0.15, 0.2) is 16.4 Å². The van der Waals surface area contributed by atoms with Crippen molar-refractivity contribution in [3.8, 4) is 0 Å². The highest BCUT2D eigenvalue weighted by molar-refractivity contribution is 5.88. The molecule has 0 spiro atoms. The highest BCUT2D eigenvalue weighted by Crippen LogP contribution is 2.28. The molecule has 0 saturated heterocycles. The molecule has 0 amide bonds. The third kappa shape index (κ3) is 1.84. The molecule has 1 rings (SSSR count). The van der Waals surface area contributed by atoms with Gasteiger partial charge in [0, 0.05) is 12.0 Å². The average molecular weight is 196 g/mol. The number of esters is 1. The van der Waals surface area contributed by atoms with Gasteiger partial charge in [0.05, 0.1) is 6.61 Å². The summed E-state index contributed by atoms with van der Waals surface area (Å²) >= 11 is 0. The van der Waals surface area contributed by atoms with Gasteiger partial charge >= 0.3 is 5.97 Å². The number of carbonyl (C=O) groups is 1. The third-order valence-electron chi connectivity index (χ3n) is 2.23. The number of azo groups is 2. The maximum atomic E-state index is 11.4. The second-order valence-corrected chi connectivity index (χ2v) is 3.12. The molecular weight excluding hydrogens is 180 g/mol. The Bertz CT molecular complexity index is 305. The molecule has 1 aliphatic heterocycles. The first-order chi connectivity index (χ1) is 6.61. The largest absolute Gasteiger partial charge is 0.464 e. The summed E-state index contributed by atoms with van der Waals surface area (Å²) in [6, 6.07) is 0.436. The van der Waals surface area contributed by atoms with Gasteiger partial charge < -0.3 is 4.74 Å². The first-order valence-corrected chi connectivity index (χ1v) is 4.81. The molecule has 1 radical (unpaired) electrons. The van der Waals surface area contributed by atoms with Gasteiger partial charge in [0.1, 0.15) is 0 Å². The Hall–Kier alpha value is -1.19. The van der Waals surface area contributed by atoms with Gasteiger partial charge in [0.2, 0.25) is 5.70 Å². The summed E-state index contributed by atoms with van der Waals surface area (Å²) in [5.74, 6) is -0.333. The van der Waals surface area contributed by atoms with E-state index < -0.39 is 0 Å². The monoisotopic (exact) mass is 196 g/mol. The first kappa shape index (κ1) is 10.9. The summed E-state index contributed by atoms with van der Waals surface area (Å²) in [4.78, 5) is 11.4. The van der Waals surface area contributed by atoms with Gasteiger partial charge in [-0.1, -0.05) is 11.6 Å². The fourth-order valence-electron chi connectivity index (χ4n) is 1.55. The Balaban J connectivity index is 2.85. The molecule has 14 heavy (non-hydrogen) atoms. The van der Waals surface area contributed by atoms with Crippen LogP contribution in [0.1, 0.15) is 27.2 Å². The Kier molecular flexibility index (Phi) is 3.38. The SMILES string of the molecule is CCOC(=O)[C]1N=[N+](C)C(CC)=C1C. The number of nitrogens with zero attached hydrogens (tertiary/aromatic N) is 2. The van der Waals surface area contributed by atoms with Crippen LogP contribution in [0.2, 0.25) is 0 Å². The van der Waals surface area contributed by atoms with E-state index in [0.29, 0.717) is 12.6 Å². The van der Waals surface area contributed by atoms with E-state index in [0.717, 1.165) is 17.7 Å². The summed E-state index contributed by atoms with van der Waals surface area (Å²) < 4.78 is 6.64. The maximum absolute atomic E-state index is 11.4. The molecular formula is C10H16N2O2+. The zero-order valence-electron chi connectivity index (χ0n) is 9.13. The number of rotatable bonds is 3. The topological polar surface area (TPSA) is 41.7 Å². The molecule has 4 heteroatoms. The van der Waals surface area contributed by atoms with E-state index in [1.54, 1.807) is 11.6 Å². The second kappa shape index (κ2) is 4.35. The number of hydrogen-bond donors (Lipinski definition) is 0. The molecule has 77 valence electrons. The molecule has 0 atom stereocenters. The fraction of sp³-hybridized carbons (Fsp3) is 0.600. The molecule has 1 aliphatic rings. The molecule has 0 N–H and O–H groups in total. The molecule has 0 aromatic heterocycles. The van der Waals surface area contributed by atoms with Crippen molar-refractivity contribution in [1.29, 1.82) is 0 Å². The van der Waals surface area contributed by atoms with Gasteiger partial charge in [-0.05, 0) is 19.0 Å². The lowest BCUT2D eigenvalue weighted by Gasteiger charge is -2.01. The quantitative estimate of drug-likeness (QED) is 0.511. The maximum Gasteiger partial charge on any atom is 0.348 e. The lowest BCUT2D eigenvalue weighted by atomic mass is 10.1. The van der Waals surface area contributed by atoms with Crippen LogP contribution in [-0.4, -0.2) is 24.3 Å². The minimum Gasteiger partial charge on any atom is -0.464 e. The van der Waals surface area contributed by atoms with Gasteiger partial charge in [-0.25, -0.2) is 4.79 Å². The smallest absolute Gasteiger partial charge is 0.348 e. The van der Waals surface area contributed by atoms with E-state index >= 15 is 0 Å². The van der Waals surface area contributed by atoms with Crippen molar-refractivity contribution in [2.45, 2.75) is 27.2 Å². The van der Waals surface area contributed by atoms with Crippen LogP contribution in [0.4, 0.5) is 0 Å². The van der Waals surface area contributed by atoms with E-state index in [4.69, 9.17) is 4.74 Å². The highest BCUT2D eigenvalue weighted by Gasteiger charge is 2.37. The van der Waals surface area contributed by atoms with Crippen molar-refractivity contribution in [1.82, 2.24) is 0 Å². The van der Waals surface area contributed by atoms with Crippen LogP contribution in [0, 0.1) is 6.04 Å². The van der Waals surface area contributed by atoms with Crippen molar-refractivity contribution >= 4 is 5.97 Å². The number of hydrogen-bond acceptors (Lipinski definition) is 3. The molecule has 0 aromatic carbocycles. The van der Waals surface area contributed by atoms with Crippen LogP contribution in [0.5, 0.6) is 0 Å². The fourth-order valence-corrected chi connectivity index (χ4v) is 1.55. The molecule has 0 aliphatic carbocycles. The summed E-state index contributed by atoms with van der Waals surface area (Å²) in [5, 5.41) is 4.14.